The number of carbonyl (C=O) groups is 2. The quantitative estimate of drug-likeness (QED) is 0.536. The van der Waals surface area contributed by atoms with Crippen LogP contribution in [0.1, 0.15) is 22.3 Å². The van der Waals surface area contributed by atoms with Crippen LogP contribution in [-0.2, 0) is 16.1 Å². The number of rotatable bonds is 11. The first-order valence-corrected chi connectivity index (χ1v) is 10.5. The van der Waals surface area contributed by atoms with Gasteiger partial charge in [0.2, 0.25) is 0 Å². The molecule has 0 aliphatic heterocycles. The molecule has 1 N–H and O–H groups in total. The van der Waals surface area contributed by atoms with Crippen LogP contribution >= 0.6 is 11.8 Å². The molecule has 1 amide bonds. The van der Waals surface area contributed by atoms with Crippen molar-refractivity contribution in [3.63, 3.8) is 0 Å². The second-order valence-electron chi connectivity index (χ2n) is 6.14. The van der Waals surface area contributed by atoms with Gasteiger partial charge >= 0.3 is 12.6 Å². The third kappa shape index (κ3) is 7.22. The van der Waals surface area contributed by atoms with Crippen molar-refractivity contribution in [2.45, 2.75) is 25.7 Å². The number of alkyl halides is 2. The number of halogens is 2. The van der Waals surface area contributed by atoms with Crippen LogP contribution < -0.4 is 14.8 Å². The van der Waals surface area contributed by atoms with Crippen molar-refractivity contribution in [1.29, 1.82) is 0 Å². The number of nitrogens with one attached hydrogen (secondary N) is 1. The molecule has 0 aliphatic carbocycles. The van der Waals surface area contributed by atoms with E-state index in [0.717, 1.165) is 0 Å². The summed E-state index contributed by atoms with van der Waals surface area (Å²) < 4.78 is 39.6. The van der Waals surface area contributed by atoms with Crippen molar-refractivity contribution in [2.24, 2.45) is 0 Å². The van der Waals surface area contributed by atoms with Gasteiger partial charge in [-0.1, -0.05) is 24.3 Å². The molecule has 0 saturated heterocycles. The summed E-state index contributed by atoms with van der Waals surface area (Å²) >= 11 is 1.55. The second-order valence-corrected chi connectivity index (χ2v) is 7.13. The van der Waals surface area contributed by atoms with Gasteiger partial charge in [0.15, 0.2) is 11.5 Å². The molecule has 0 fully saturated rings. The molecular formula is C21H23F2NO5S. The lowest BCUT2D eigenvalue weighted by molar-refractivity contribution is -0.147. The average molecular weight is 439 g/mol. The molecular weight excluding hydrogens is 416 g/mol. The summed E-state index contributed by atoms with van der Waals surface area (Å²) in [6.45, 7) is -3.09. The van der Waals surface area contributed by atoms with E-state index in [1.165, 1.54) is 25.3 Å². The summed E-state index contributed by atoms with van der Waals surface area (Å²) in [4.78, 5) is 24.9. The molecule has 2 aromatic carbocycles. The first-order chi connectivity index (χ1) is 14.4. The Morgan fingerprint density at radius 3 is 2.47 bits per heavy atom. The smallest absolute Gasteiger partial charge is 0.387 e. The van der Waals surface area contributed by atoms with E-state index in [4.69, 9.17) is 9.47 Å². The van der Waals surface area contributed by atoms with Gasteiger partial charge in [0.25, 0.3) is 5.91 Å². The number of hydrogen-bond donors (Lipinski definition) is 1. The van der Waals surface area contributed by atoms with Gasteiger partial charge in [0.1, 0.15) is 12.6 Å². The molecule has 0 aliphatic rings. The maximum Gasteiger partial charge on any atom is 0.387 e. The summed E-state index contributed by atoms with van der Waals surface area (Å²) in [7, 11) is 1.32. The number of methoxy groups -OCH3 is 1. The Bertz CT molecular complexity index is 835. The van der Waals surface area contributed by atoms with E-state index in [2.05, 4.69) is 10.1 Å². The Balaban J connectivity index is 2.02. The predicted octanol–water partition coefficient (Wildman–Crippen LogP) is 3.89. The summed E-state index contributed by atoms with van der Waals surface area (Å²) in [5.41, 5.74) is 0.971. The highest BCUT2D eigenvalue weighted by atomic mass is 32.2. The minimum Gasteiger partial charge on any atom is -0.493 e. The van der Waals surface area contributed by atoms with Gasteiger partial charge in [-0.25, -0.2) is 4.79 Å². The maximum atomic E-state index is 12.6. The minimum absolute atomic E-state index is 0.0974. The van der Waals surface area contributed by atoms with Gasteiger partial charge in [0.05, 0.1) is 7.11 Å². The molecule has 0 aromatic heterocycles. The third-order valence-electron chi connectivity index (χ3n) is 4.06. The Hall–Kier alpha value is -2.81. The van der Waals surface area contributed by atoms with Crippen LogP contribution in [-0.4, -0.2) is 43.6 Å². The van der Waals surface area contributed by atoms with Crippen LogP contribution in [0.3, 0.4) is 0 Å². The molecule has 1 unspecified atom stereocenters. The lowest BCUT2D eigenvalue weighted by Crippen LogP contribution is -2.42. The fourth-order valence-corrected chi connectivity index (χ4v) is 3.04. The van der Waals surface area contributed by atoms with E-state index in [1.54, 1.807) is 42.1 Å². The lowest BCUT2D eigenvalue weighted by Gasteiger charge is -2.18. The van der Waals surface area contributed by atoms with E-state index < -0.39 is 18.6 Å². The molecule has 0 spiro atoms. The Kier molecular flexibility index (Phi) is 9.40. The van der Waals surface area contributed by atoms with Crippen LogP contribution in [0.4, 0.5) is 8.78 Å². The minimum atomic E-state index is -2.98. The first kappa shape index (κ1) is 23.5. The standard InChI is InChI=1S/C21H23F2NO5S/c1-27-18-12-14(8-9-17(18)29-21(22)23)13-28-20(26)16(10-11-30-2)24-19(25)15-6-4-3-5-7-15/h3-9,12,16,21H,10-11,13H2,1-2H3,(H,24,25). The van der Waals surface area contributed by atoms with Crippen molar-refractivity contribution in [1.82, 2.24) is 5.32 Å². The van der Waals surface area contributed by atoms with Gasteiger partial charge in [-0.3, -0.25) is 4.79 Å². The van der Waals surface area contributed by atoms with E-state index in [0.29, 0.717) is 23.3 Å². The highest BCUT2D eigenvalue weighted by Crippen LogP contribution is 2.29. The molecule has 0 radical (unpaired) electrons. The Labute approximate surface area is 177 Å². The van der Waals surface area contributed by atoms with Gasteiger partial charge < -0.3 is 19.5 Å². The van der Waals surface area contributed by atoms with Crippen LogP contribution in [0.2, 0.25) is 0 Å². The molecule has 9 heteroatoms. The highest BCUT2D eigenvalue weighted by Gasteiger charge is 2.23. The van der Waals surface area contributed by atoms with E-state index in [-0.39, 0.29) is 24.0 Å². The average Bonchev–Trinajstić information content (AvgIpc) is 2.75. The number of benzene rings is 2. The molecule has 6 nitrogen and oxygen atoms in total. The molecule has 0 bridgehead atoms. The normalized spacial score (nSPS) is 11.6. The monoisotopic (exact) mass is 439 g/mol. The molecule has 2 aromatic rings. The number of thioether (sulfide) groups is 1. The summed E-state index contributed by atoms with van der Waals surface area (Å²) in [6, 6.07) is 12.0. The van der Waals surface area contributed by atoms with Crippen molar-refractivity contribution >= 4 is 23.6 Å². The fraction of sp³-hybridized carbons (Fsp3) is 0.333. The summed E-state index contributed by atoms with van der Waals surface area (Å²) in [6.07, 6.45) is 2.31. The largest absolute Gasteiger partial charge is 0.493 e. The number of esters is 1. The fourth-order valence-electron chi connectivity index (χ4n) is 2.57. The van der Waals surface area contributed by atoms with Crippen molar-refractivity contribution in [2.75, 3.05) is 19.1 Å². The Morgan fingerprint density at radius 2 is 1.83 bits per heavy atom. The number of carbonyl (C=O) groups excluding carboxylic acids is 2. The predicted molar refractivity (Wildman–Crippen MR) is 110 cm³/mol. The number of amides is 1. The lowest BCUT2D eigenvalue weighted by atomic mass is 10.1. The SMILES string of the molecule is COc1cc(COC(=O)C(CCSC)NC(=O)c2ccccc2)ccc1OC(F)F. The zero-order chi connectivity index (χ0) is 21.9. The molecule has 30 heavy (non-hydrogen) atoms. The molecule has 1 atom stereocenters. The maximum absolute atomic E-state index is 12.6. The van der Waals surface area contributed by atoms with E-state index >= 15 is 0 Å². The topological polar surface area (TPSA) is 73.9 Å². The van der Waals surface area contributed by atoms with Gasteiger partial charge in [-0.05, 0) is 48.3 Å². The molecule has 0 saturated carbocycles. The molecule has 0 heterocycles. The zero-order valence-corrected chi connectivity index (χ0v) is 17.4. The summed E-state index contributed by atoms with van der Waals surface area (Å²) in [5, 5.41) is 2.70. The van der Waals surface area contributed by atoms with Gasteiger partial charge in [0, 0.05) is 5.56 Å². The number of ether oxygens (including phenoxy) is 3. The molecule has 2 rings (SSSR count). The second kappa shape index (κ2) is 12.0. The van der Waals surface area contributed by atoms with Crippen LogP contribution in [0.5, 0.6) is 11.5 Å². The van der Waals surface area contributed by atoms with Gasteiger partial charge in [-0.2, -0.15) is 20.5 Å². The van der Waals surface area contributed by atoms with Crippen molar-refractivity contribution in [3.8, 4) is 11.5 Å². The highest BCUT2D eigenvalue weighted by molar-refractivity contribution is 7.98. The van der Waals surface area contributed by atoms with Crippen molar-refractivity contribution in [3.05, 3.63) is 59.7 Å². The Morgan fingerprint density at radius 1 is 1.10 bits per heavy atom. The van der Waals surface area contributed by atoms with E-state index in [9.17, 15) is 18.4 Å². The molecule has 162 valence electrons. The van der Waals surface area contributed by atoms with E-state index in [1.807, 2.05) is 6.26 Å². The zero-order valence-electron chi connectivity index (χ0n) is 16.6. The third-order valence-corrected chi connectivity index (χ3v) is 4.71. The van der Waals surface area contributed by atoms with Crippen LogP contribution in [0.15, 0.2) is 48.5 Å². The van der Waals surface area contributed by atoms with Crippen molar-refractivity contribution < 1.29 is 32.6 Å². The van der Waals surface area contributed by atoms with Gasteiger partial charge in [-0.15, -0.1) is 0 Å². The first-order valence-electron chi connectivity index (χ1n) is 9.07. The summed E-state index contributed by atoms with van der Waals surface area (Å²) in [5.74, 6) is -0.313. The number of hydrogen-bond acceptors (Lipinski definition) is 6. The van der Waals surface area contributed by atoms with Crippen LogP contribution in [0, 0.1) is 0 Å². The van der Waals surface area contributed by atoms with Crippen LogP contribution in [0.25, 0.3) is 0 Å².